The molecule has 0 radical (unpaired) electrons. The molecule has 3 aliphatic carbocycles. The maximum atomic E-state index is 9.47. The second kappa shape index (κ2) is 6.54. The first-order valence-electron chi connectivity index (χ1n) is 11.4. The number of hydrogen-bond donors (Lipinski definition) is 1. The number of benzene rings is 1. The van der Waals surface area contributed by atoms with Gasteiger partial charge in [-0.25, -0.2) is 0 Å². The van der Waals surface area contributed by atoms with Crippen LogP contribution in [-0.2, 0) is 19.6 Å². The fourth-order valence-corrected chi connectivity index (χ4v) is 6.15. The summed E-state index contributed by atoms with van der Waals surface area (Å²) in [6, 6.07) is 10.3. The van der Waals surface area contributed by atoms with Crippen LogP contribution in [0.25, 0.3) is 10.9 Å². The van der Waals surface area contributed by atoms with E-state index in [1.165, 1.54) is 30.5 Å². The minimum absolute atomic E-state index is 0.102. The summed E-state index contributed by atoms with van der Waals surface area (Å²) in [5.74, 6) is 0. The molecular formula is C25H28N6. The molecule has 6 heteroatoms. The highest BCUT2D eigenvalue weighted by Crippen LogP contribution is 2.52. The molecule has 3 fully saturated rings. The highest BCUT2D eigenvalue weighted by atomic mass is 15.3. The van der Waals surface area contributed by atoms with Gasteiger partial charge in [-0.15, -0.1) is 0 Å². The number of nitrogens with two attached hydrogens (primary N) is 1. The minimum atomic E-state index is 0.102. The number of rotatable bonds is 3. The topological polar surface area (TPSA) is 83.8 Å². The lowest BCUT2D eigenvalue weighted by molar-refractivity contribution is 0.0264. The average molecular weight is 413 g/mol. The first-order chi connectivity index (χ1) is 15.0. The van der Waals surface area contributed by atoms with Crippen molar-refractivity contribution in [2.45, 2.75) is 70.6 Å². The van der Waals surface area contributed by atoms with Crippen LogP contribution in [0.4, 0.5) is 5.69 Å². The Labute approximate surface area is 182 Å². The van der Waals surface area contributed by atoms with Gasteiger partial charge in [0, 0.05) is 41.5 Å². The highest BCUT2D eigenvalue weighted by Gasteiger charge is 2.47. The summed E-state index contributed by atoms with van der Waals surface area (Å²) in [7, 11) is 0. The molecule has 0 atom stereocenters. The van der Waals surface area contributed by atoms with Crippen LogP contribution in [-0.4, -0.2) is 20.3 Å². The third-order valence-corrected chi connectivity index (χ3v) is 8.21. The van der Waals surface area contributed by atoms with E-state index in [1.807, 2.05) is 12.1 Å². The number of nitriles is 1. The fourth-order valence-electron chi connectivity index (χ4n) is 6.15. The van der Waals surface area contributed by atoms with E-state index >= 15 is 0 Å². The van der Waals surface area contributed by atoms with Crippen molar-refractivity contribution in [3.8, 4) is 6.07 Å². The van der Waals surface area contributed by atoms with Gasteiger partial charge in [0.05, 0.1) is 29.0 Å². The molecule has 6 nitrogen and oxygen atoms in total. The monoisotopic (exact) mass is 412 g/mol. The van der Waals surface area contributed by atoms with Gasteiger partial charge in [-0.05, 0) is 75.1 Å². The van der Waals surface area contributed by atoms with Gasteiger partial charge in [0.2, 0.25) is 0 Å². The van der Waals surface area contributed by atoms with Crippen molar-refractivity contribution in [2.24, 2.45) is 11.1 Å². The number of aromatic nitrogens is 3. The molecule has 0 spiro atoms. The van der Waals surface area contributed by atoms with E-state index in [0.717, 1.165) is 61.2 Å². The van der Waals surface area contributed by atoms with Crippen molar-refractivity contribution in [2.75, 3.05) is 4.90 Å². The molecular weight excluding hydrogens is 384 g/mol. The summed E-state index contributed by atoms with van der Waals surface area (Å²) in [6.45, 7) is 4.86. The van der Waals surface area contributed by atoms with E-state index < -0.39 is 0 Å². The fraction of sp³-hybridized carbons (Fsp3) is 0.480. The van der Waals surface area contributed by atoms with Crippen LogP contribution in [0, 0.1) is 23.7 Å². The smallest absolute Gasteiger partial charge is 0.101 e. The van der Waals surface area contributed by atoms with Crippen molar-refractivity contribution in [1.29, 1.82) is 5.26 Å². The van der Waals surface area contributed by atoms with E-state index in [9.17, 15) is 5.26 Å². The van der Waals surface area contributed by atoms with Gasteiger partial charge < -0.3 is 10.6 Å². The summed E-state index contributed by atoms with van der Waals surface area (Å²) >= 11 is 0. The zero-order valence-electron chi connectivity index (χ0n) is 18.1. The van der Waals surface area contributed by atoms with Crippen LogP contribution in [0.15, 0.2) is 30.5 Å². The third kappa shape index (κ3) is 2.87. The summed E-state index contributed by atoms with van der Waals surface area (Å²) in [6.07, 6.45) is 8.92. The summed E-state index contributed by atoms with van der Waals surface area (Å²) in [4.78, 5) is 6.89. The molecule has 3 saturated carbocycles. The summed E-state index contributed by atoms with van der Waals surface area (Å²) in [5, 5.41) is 15.5. The number of aryl methyl sites for hydroxylation is 1. The molecule has 3 aromatic rings. The molecule has 3 heterocycles. The Balaban J connectivity index is 1.32. The van der Waals surface area contributed by atoms with Crippen LogP contribution >= 0.6 is 0 Å². The zero-order chi connectivity index (χ0) is 21.2. The first kappa shape index (κ1) is 18.8. The molecule has 31 heavy (non-hydrogen) atoms. The largest absolute Gasteiger partial charge is 0.361 e. The van der Waals surface area contributed by atoms with Gasteiger partial charge in [-0.3, -0.25) is 9.67 Å². The number of anilines is 1. The molecule has 7 rings (SSSR count). The van der Waals surface area contributed by atoms with E-state index in [1.54, 1.807) is 6.20 Å². The standard InChI is InChI=1S/C25H28N6/c1-17-20-14-30(21-5-4-18(13-26)23-19(21)3-2-12-28-23)15-22(20)31(29-17)16-24-6-9-25(27,10-7-24)11-8-24/h2-5,12H,6-11,14-16,27H2,1H3. The second-order valence-corrected chi connectivity index (χ2v) is 10.0. The van der Waals surface area contributed by atoms with Crippen molar-refractivity contribution in [3.05, 3.63) is 53.0 Å². The van der Waals surface area contributed by atoms with Crippen LogP contribution in [0.1, 0.15) is 61.0 Å². The molecule has 1 aromatic carbocycles. The molecule has 1 aliphatic heterocycles. The van der Waals surface area contributed by atoms with Crippen molar-refractivity contribution < 1.29 is 0 Å². The second-order valence-electron chi connectivity index (χ2n) is 10.0. The lowest BCUT2D eigenvalue weighted by Gasteiger charge is -2.52. The maximum absolute atomic E-state index is 9.47. The predicted molar refractivity (Wildman–Crippen MR) is 120 cm³/mol. The molecule has 2 aromatic heterocycles. The van der Waals surface area contributed by atoms with E-state index in [-0.39, 0.29) is 5.54 Å². The van der Waals surface area contributed by atoms with Crippen molar-refractivity contribution in [3.63, 3.8) is 0 Å². The van der Waals surface area contributed by atoms with Crippen LogP contribution in [0.3, 0.4) is 0 Å². The average Bonchev–Trinajstić information content (AvgIpc) is 3.35. The van der Waals surface area contributed by atoms with Crippen LogP contribution in [0.2, 0.25) is 0 Å². The predicted octanol–water partition coefficient (Wildman–Crippen LogP) is 4.18. The lowest BCUT2D eigenvalue weighted by Crippen LogP contribution is -2.53. The quantitative estimate of drug-likeness (QED) is 0.698. The highest BCUT2D eigenvalue weighted by molar-refractivity contribution is 5.95. The normalized spacial score (nSPS) is 26.9. The molecule has 0 amide bonds. The van der Waals surface area contributed by atoms with E-state index in [4.69, 9.17) is 10.8 Å². The number of fused-ring (bicyclic) bond motifs is 5. The van der Waals surface area contributed by atoms with Gasteiger partial charge in [0.15, 0.2) is 0 Å². The van der Waals surface area contributed by atoms with Gasteiger partial charge >= 0.3 is 0 Å². The SMILES string of the molecule is Cc1nn(CC23CCC(N)(CC2)CC3)c2c1CN(c1ccc(C#N)c3ncccc13)C2. The van der Waals surface area contributed by atoms with E-state index in [0.29, 0.717) is 11.0 Å². The number of hydrogen-bond acceptors (Lipinski definition) is 5. The molecule has 0 saturated heterocycles. The Morgan fingerprint density at radius 1 is 1.10 bits per heavy atom. The Kier molecular flexibility index (Phi) is 3.97. The molecule has 2 N–H and O–H groups in total. The van der Waals surface area contributed by atoms with E-state index in [2.05, 4.69) is 39.7 Å². The van der Waals surface area contributed by atoms with Gasteiger partial charge in [0.1, 0.15) is 6.07 Å². The third-order valence-electron chi connectivity index (χ3n) is 8.21. The van der Waals surface area contributed by atoms with Crippen LogP contribution in [0.5, 0.6) is 0 Å². The lowest BCUT2D eigenvalue weighted by atomic mass is 9.57. The number of nitrogens with zero attached hydrogens (tertiary/aromatic N) is 5. The van der Waals surface area contributed by atoms with Crippen molar-refractivity contribution >= 4 is 16.6 Å². The molecule has 0 unspecified atom stereocenters. The molecule has 2 bridgehead atoms. The number of pyridine rings is 1. The Hall–Kier alpha value is -2.91. The summed E-state index contributed by atoms with van der Waals surface area (Å²) < 4.78 is 2.31. The Morgan fingerprint density at radius 3 is 2.61 bits per heavy atom. The van der Waals surface area contributed by atoms with Crippen LogP contribution < -0.4 is 10.6 Å². The Morgan fingerprint density at radius 2 is 1.87 bits per heavy atom. The first-order valence-corrected chi connectivity index (χ1v) is 11.4. The molecule has 158 valence electrons. The minimum Gasteiger partial charge on any atom is -0.361 e. The van der Waals surface area contributed by atoms with Crippen molar-refractivity contribution in [1.82, 2.24) is 14.8 Å². The zero-order valence-corrected chi connectivity index (χ0v) is 18.1. The maximum Gasteiger partial charge on any atom is 0.101 e. The van der Waals surface area contributed by atoms with Gasteiger partial charge in [-0.1, -0.05) is 0 Å². The summed E-state index contributed by atoms with van der Waals surface area (Å²) in [5.41, 5.74) is 13.4. The van der Waals surface area contributed by atoms with Gasteiger partial charge in [0.25, 0.3) is 0 Å². The molecule has 4 aliphatic rings. The Bertz CT molecular complexity index is 1210. The van der Waals surface area contributed by atoms with Gasteiger partial charge in [-0.2, -0.15) is 10.4 Å².